The largest absolute Gasteiger partial charge is 0.597 e. The highest BCUT2D eigenvalue weighted by molar-refractivity contribution is 5.38. The SMILES string of the molecule is [O-]/[N+](Cc1ccc(O)cc1O)=N\O. The molecule has 1 aromatic rings. The van der Waals surface area contributed by atoms with E-state index < -0.39 is 0 Å². The van der Waals surface area contributed by atoms with Gasteiger partial charge in [0.15, 0.2) is 5.28 Å². The van der Waals surface area contributed by atoms with Gasteiger partial charge in [-0.2, -0.15) is 0 Å². The molecule has 70 valence electrons. The van der Waals surface area contributed by atoms with Crippen molar-refractivity contribution in [2.45, 2.75) is 6.54 Å². The molecule has 0 aliphatic heterocycles. The van der Waals surface area contributed by atoms with Crippen molar-refractivity contribution in [2.24, 2.45) is 5.28 Å². The Kier molecular flexibility index (Phi) is 2.53. The van der Waals surface area contributed by atoms with Crippen LogP contribution in [0.5, 0.6) is 11.5 Å². The Morgan fingerprint density at radius 1 is 1.38 bits per heavy atom. The van der Waals surface area contributed by atoms with Gasteiger partial charge in [-0.05, 0) is 12.1 Å². The van der Waals surface area contributed by atoms with Crippen LogP contribution in [0.1, 0.15) is 5.56 Å². The van der Waals surface area contributed by atoms with Gasteiger partial charge in [-0.3, -0.25) is 0 Å². The zero-order valence-electron chi connectivity index (χ0n) is 6.58. The van der Waals surface area contributed by atoms with Crippen molar-refractivity contribution >= 4 is 0 Å². The first kappa shape index (κ1) is 9.11. The summed E-state index contributed by atoms with van der Waals surface area (Å²) in [4.78, 5) is 0.00605. The van der Waals surface area contributed by atoms with Crippen molar-refractivity contribution in [3.05, 3.63) is 29.0 Å². The molecule has 3 N–H and O–H groups in total. The molecule has 1 rings (SSSR count). The lowest BCUT2D eigenvalue weighted by Crippen LogP contribution is -2.00. The van der Waals surface area contributed by atoms with Crippen LogP contribution in [0.15, 0.2) is 23.5 Å². The van der Waals surface area contributed by atoms with Crippen LogP contribution in [-0.2, 0) is 6.54 Å². The van der Waals surface area contributed by atoms with Gasteiger partial charge in [0.1, 0.15) is 11.5 Å². The molecule has 0 unspecified atom stereocenters. The van der Waals surface area contributed by atoms with E-state index >= 15 is 0 Å². The first-order chi connectivity index (χ1) is 6.13. The quantitative estimate of drug-likeness (QED) is 0.362. The fraction of sp³-hybridized carbons (Fsp3) is 0.143. The lowest BCUT2D eigenvalue weighted by Gasteiger charge is -2.02. The molecule has 1 aromatic carbocycles. The summed E-state index contributed by atoms with van der Waals surface area (Å²) < 4.78 is 0. The van der Waals surface area contributed by atoms with Gasteiger partial charge in [-0.1, -0.05) is 4.86 Å². The Bertz CT molecular complexity index is 337. The Labute approximate surface area is 73.5 Å². The number of nitrogens with zero attached hydrogens (tertiary/aromatic N) is 2. The third-order valence-corrected chi connectivity index (χ3v) is 1.47. The normalized spacial score (nSPS) is 11.5. The molecule has 0 fully saturated rings. The summed E-state index contributed by atoms with van der Waals surface area (Å²) in [6.45, 7) is -0.275. The summed E-state index contributed by atoms with van der Waals surface area (Å²) in [6, 6.07) is 3.78. The summed E-state index contributed by atoms with van der Waals surface area (Å²) in [5.41, 5.74) is 0.269. The highest BCUT2D eigenvalue weighted by atomic mass is 16.6. The average Bonchev–Trinajstić information content (AvgIpc) is 2.09. The van der Waals surface area contributed by atoms with Crippen molar-refractivity contribution in [1.29, 1.82) is 0 Å². The van der Waals surface area contributed by atoms with Crippen LogP contribution in [-0.4, -0.2) is 20.3 Å². The van der Waals surface area contributed by atoms with Crippen molar-refractivity contribution < 1.29 is 20.3 Å². The third-order valence-electron chi connectivity index (χ3n) is 1.47. The van der Waals surface area contributed by atoms with Crippen LogP contribution in [0.2, 0.25) is 0 Å². The summed E-state index contributed by atoms with van der Waals surface area (Å²) in [6.07, 6.45) is 0. The lowest BCUT2D eigenvalue weighted by atomic mass is 10.2. The van der Waals surface area contributed by atoms with Crippen molar-refractivity contribution in [2.75, 3.05) is 0 Å². The second-order valence-corrected chi connectivity index (χ2v) is 2.41. The van der Waals surface area contributed by atoms with Gasteiger partial charge in [-0.15, -0.1) is 0 Å². The summed E-state index contributed by atoms with van der Waals surface area (Å²) in [7, 11) is 0. The predicted octanol–water partition coefficient (Wildman–Crippen LogP) is 0.949. The molecule has 0 aromatic heterocycles. The average molecular weight is 184 g/mol. The maximum atomic E-state index is 10.5. The number of hydrogen-bond acceptors (Lipinski definition) is 4. The van der Waals surface area contributed by atoms with Crippen LogP contribution < -0.4 is 0 Å². The number of phenols is 2. The Morgan fingerprint density at radius 3 is 2.62 bits per heavy atom. The van der Waals surface area contributed by atoms with Crippen LogP contribution in [0.4, 0.5) is 0 Å². The van der Waals surface area contributed by atoms with E-state index in [2.05, 4.69) is 5.28 Å². The smallest absolute Gasteiger partial charge is 0.212 e. The molecule has 0 heterocycles. The van der Waals surface area contributed by atoms with Crippen LogP contribution in [0.3, 0.4) is 0 Å². The van der Waals surface area contributed by atoms with Crippen molar-refractivity contribution in [3.8, 4) is 11.5 Å². The number of hydrogen-bond donors (Lipinski definition) is 3. The van der Waals surface area contributed by atoms with Crippen LogP contribution in [0, 0.1) is 5.21 Å². The van der Waals surface area contributed by atoms with Gasteiger partial charge in [0.05, 0.1) is 5.56 Å². The fourth-order valence-electron chi connectivity index (χ4n) is 0.863. The van der Waals surface area contributed by atoms with E-state index in [1.54, 1.807) is 0 Å². The van der Waals surface area contributed by atoms with E-state index in [-0.39, 0.29) is 28.5 Å². The molecule has 0 saturated heterocycles. The van der Waals surface area contributed by atoms with Gasteiger partial charge in [-0.25, -0.2) is 0 Å². The van der Waals surface area contributed by atoms with Crippen LogP contribution >= 0.6 is 0 Å². The van der Waals surface area contributed by atoms with Gasteiger partial charge in [0, 0.05) is 6.07 Å². The van der Waals surface area contributed by atoms with E-state index in [0.29, 0.717) is 0 Å². The standard InChI is InChI=1S/C7H8N2O4/c10-6-2-1-5(7(11)3-6)4-9(13)8-12/h1-3,10-12H,4H2/b9-8-. The van der Waals surface area contributed by atoms with Crippen LogP contribution in [0.25, 0.3) is 0 Å². The van der Waals surface area contributed by atoms with Gasteiger partial charge >= 0.3 is 0 Å². The monoisotopic (exact) mass is 184 g/mol. The third kappa shape index (κ3) is 2.22. The summed E-state index contributed by atoms with van der Waals surface area (Å²) >= 11 is 0. The molecule has 6 heteroatoms. The second kappa shape index (κ2) is 3.61. The molecule has 6 nitrogen and oxygen atoms in total. The number of hydroxylamine groups is 1. The van der Waals surface area contributed by atoms with E-state index in [4.69, 9.17) is 10.3 Å². The number of rotatable bonds is 2. The van der Waals surface area contributed by atoms with E-state index in [1.807, 2.05) is 0 Å². The van der Waals surface area contributed by atoms with Gasteiger partial charge in [0.25, 0.3) is 0 Å². The molecular weight excluding hydrogens is 176 g/mol. The Balaban J connectivity index is 2.90. The van der Waals surface area contributed by atoms with E-state index in [9.17, 15) is 10.3 Å². The summed E-state index contributed by atoms with van der Waals surface area (Å²) in [5.74, 6) is -0.316. The Morgan fingerprint density at radius 2 is 2.08 bits per heavy atom. The first-order valence-electron chi connectivity index (χ1n) is 3.44. The molecule has 0 atom stereocenters. The molecule has 0 amide bonds. The molecule has 0 bridgehead atoms. The highest BCUT2D eigenvalue weighted by Crippen LogP contribution is 2.22. The maximum Gasteiger partial charge on any atom is 0.212 e. The summed E-state index contributed by atoms with van der Waals surface area (Å²) in [5, 5.41) is 39.0. The minimum absolute atomic E-state index is 0.00605. The minimum Gasteiger partial charge on any atom is -0.597 e. The molecule has 0 saturated carbocycles. The van der Waals surface area contributed by atoms with Gasteiger partial charge < -0.3 is 20.6 Å². The number of phenolic OH excluding ortho intramolecular Hbond substituents is 2. The fourth-order valence-corrected chi connectivity index (χ4v) is 0.863. The van der Waals surface area contributed by atoms with E-state index in [1.165, 1.54) is 12.1 Å². The highest BCUT2D eigenvalue weighted by Gasteiger charge is 2.06. The minimum atomic E-state index is -0.275. The molecular formula is C7H8N2O4. The van der Waals surface area contributed by atoms with Gasteiger partial charge in [0.2, 0.25) is 6.54 Å². The lowest BCUT2D eigenvalue weighted by molar-refractivity contribution is -0.570. The molecule has 0 spiro atoms. The molecule has 13 heavy (non-hydrogen) atoms. The zero-order valence-corrected chi connectivity index (χ0v) is 6.58. The molecule has 0 aliphatic rings. The van der Waals surface area contributed by atoms with Crippen molar-refractivity contribution in [1.82, 2.24) is 0 Å². The first-order valence-corrected chi connectivity index (χ1v) is 3.44. The molecule has 0 radical (unpaired) electrons. The Hall–Kier alpha value is -1.98. The second-order valence-electron chi connectivity index (χ2n) is 2.41. The maximum absolute atomic E-state index is 10.5. The zero-order chi connectivity index (χ0) is 9.84. The molecule has 0 aliphatic carbocycles. The predicted molar refractivity (Wildman–Crippen MR) is 41.3 cm³/mol. The number of benzene rings is 1. The van der Waals surface area contributed by atoms with E-state index in [0.717, 1.165) is 6.07 Å². The number of aromatic hydroxyl groups is 2. The topological polar surface area (TPSA) is 99.1 Å². The van der Waals surface area contributed by atoms with Crippen molar-refractivity contribution in [3.63, 3.8) is 0 Å².